The van der Waals surface area contributed by atoms with Crippen LogP contribution in [0, 0.1) is 11.3 Å². The molecule has 3 aliphatic carbocycles. The largest absolute Gasteiger partial charge is 0.382 e. The predicted octanol–water partition coefficient (Wildman–Crippen LogP) is 3.92. The second-order valence-electron chi connectivity index (χ2n) is 6.69. The molecule has 0 saturated carbocycles. The van der Waals surface area contributed by atoms with E-state index in [-0.39, 0.29) is 12.7 Å². The third kappa shape index (κ3) is 2.32. The van der Waals surface area contributed by atoms with Crippen molar-refractivity contribution >= 4 is 11.6 Å². The number of rotatable bonds is 6. The van der Waals surface area contributed by atoms with E-state index in [0.717, 1.165) is 11.1 Å². The molecule has 0 spiro atoms. The first-order valence-corrected chi connectivity index (χ1v) is 9.05. The Kier molecular flexibility index (Phi) is 4.50. The second kappa shape index (κ2) is 6.68. The number of hydrogen-bond donors (Lipinski definition) is 0. The lowest BCUT2D eigenvalue weighted by Crippen LogP contribution is -2.58. The number of ether oxygens (including phenoxy) is 3. The summed E-state index contributed by atoms with van der Waals surface area (Å²) in [5.74, 6) is 0.0967. The summed E-state index contributed by atoms with van der Waals surface area (Å²) in [5, 5.41) is 10.0. The third-order valence-electron chi connectivity index (χ3n) is 5.44. The number of halogens is 1. The maximum absolute atomic E-state index is 10.0. The van der Waals surface area contributed by atoms with Gasteiger partial charge < -0.3 is 14.2 Å². The number of benzene rings is 2. The summed E-state index contributed by atoms with van der Waals surface area (Å²) in [4.78, 5) is -1.19. The van der Waals surface area contributed by atoms with Crippen molar-refractivity contribution in [1.29, 1.82) is 5.26 Å². The number of fused-ring (bicyclic) bond motifs is 1. The molecule has 0 aliphatic heterocycles. The lowest BCUT2D eigenvalue weighted by atomic mass is 9.56. The monoisotopic (exact) mass is 369 g/mol. The topological polar surface area (TPSA) is 51.5 Å². The molecule has 1 unspecified atom stereocenters. The van der Waals surface area contributed by atoms with Gasteiger partial charge in [0.05, 0.1) is 19.3 Å². The molecule has 0 amide bonds. The van der Waals surface area contributed by atoms with Crippen molar-refractivity contribution in [3.63, 3.8) is 0 Å². The molecule has 5 rings (SSSR count). The van der Waals surface area contributed by atoms with E-state index in [1.54, 1.807) is 7.11 Å². The van der Waals surface area contributed by atoms with E-state index >= 15 is 0 Å². The lowest BCUT2D eigenvalue weighted by molar-refractivity contribution is -0.150. The van der Waals surface area contributed by atoms with Gasteiger partial charge in [0.25, 0.3) is 0 Å². The summed E-state index contributed by atoms with van der Waals surface area (Å²) >= 11 is 6.94. The molecule has 0 aromatic heterocycles. The minimum atomic E-state index is -1.19. The van der Waals surface area contributed by atoms with Crippen LogP contribution >= 0.6 is 11.6 Å². The Morgan fingerprint density at radius 2 is 1.69 bits per heavy atom. The molecule has 26 heavy (non-hydrogen) atoms. The van der Waals surface area contributed by atoms with Gasteiger partial charge in [-0.3, -0.25) is 0 Å². The number of nitriles is 1. The van der Waals surface area contributed by atoms with Gasteiger partial charge in [0.1, 0.15) is 6.79 Å². The van der Waals surface area contributed by atoms with Crippen molar-refractivity contribution < 1.29 is 14.2 Å². The minimum Gasteiger partial charge on any atom is -0.382 e. The molecule has 4 nitrogen and oxygen atoms in total. The zero-order valence-corrected chi connectivity index (χ0v) is 15.3. The molecule has 2 bridgehead atoms. The van der Waals surface area contributed by atoms with Crippen molar-refractivity contribution in [2.24, 2.45) is 0 Å². The summed E-state index contributed by atoms with van der Waals surface area (Å²) in [7, 11) is 1.62. The maximum Gasteiger partial charge on any atom is 0.169 e. The van der Waals surface area contributed by atoms with Gasteiger partial charge in [-0.1, -0.05) is 60.1 Å². The molecule has 0 fully saturated rings. The van der Waals surface area contributed by atoms with Crippen LogP contribution in [-0.2, 0) is 19.8 Å². The number of methoxy groups -OCH3 is 1. The van der Waals surface area contributed by atoms with Gasteiger partial charge in [-0.05, 0) is 28.7 Å². The number of nitrogens with zero attached hydrogens (tertiary/aromatic N) is 1. The van der Waals surface area contributed by atoms with Crippen molar-refractivity contribution in [2.45, 2.75) is 22.8 Å². The Hall–Kier alpha value is -1.90. The lowest BCUT2D eigenvalue weighted by Gasteiger charge is -2.54. The van der Waals surface area contributed by atoms with Crippen LogP contribution in [0.15, 0.2) is 48.5 Å². The van der Waals surface area contributed by atoms with Crippen LogP contribution in [0.5, 0.6) is 0 Å². The summed E-state index contributed by atoms with van der Waals surface area (Å²) in [6.45, 7) is 0.934. The van der Waals surface area contributed by atoms with E-state index in [9.17, 15) is 5.26 Å². The van der Waals surface area contributed by atoms with Crippen LogP contribution in [0.25, 0.3) is 0 Å². The fraction of sp³-hybridized carbons (Fsp3) is 0.381. The van der Waals surface area contributed by atoms with Crippen molar-refractivity contribution in [3.05, 3.63) is 70.8 Å². The zero-order chi connectivity index (χ0) is 18.2. The van der Waals surface area contributed by atoms with Crippen LogP contribution < -0.4 is 0 Å². The number of hydrogen-bond acceptors (Lipinski definition) is 4. The predicted molar refractivity (Wildman–Crippen MR) is 98.1 cm³/mol. The smallest absolute Gasteiger partial charge is 0.169 e. The summed E-state index contributed by atoms with van der Waals surface area (Å²) in [5.41, 5.74) is 3.21. The first kappa shape index (κ1) is 17.5. The van der Waals surface area contributed by atoms with Crippen molar-refractivity contribution in [3.8, 4) is 6.07 Å². The Morgan fingerprint density at radius 1 is 1.08 bits per heavy atom. The Bertz CT molecular complexity index is 815. The molecule has 5 heteroatoms. The summed E-state index contributed by atoms with van der Waals surface area (Å²) < 4.78 is 16.9. The average Bonchev–Trinajstić information content (AvgIpc) is 2.69. The highest BCUT2D eigenvalue weighted by molar-refractivity contribution is 6.27. The van der Waals surface area contributed by atoms with E-state index in [1.807, 2.05) is 36.4 Å². The van der Waals surface area contributed by atoms with Crippen LogP contribution in [0.1, 0.15) is 34.6 Å². The van der Waals surface area contributed by atoms with E-state index in [0.29, 0.717) is 19.6 Å². The van der Waals surface area contributed by atoms with E-state index in [2.05, 4.69) is 18.2 Å². The fourth-order valence-electron chi connectivity index (χ4n) is 4.35. The SMILES string of the molecule is COCCOCOC12c3ccccc3C(CC1(Cl)C#N)c1ccccc12. The molecule has 0 N–H and O–H groups in total. The molecular formula is C21H20ClNO3. The van der Waals surface area contributed by atoms with E-state index < -0.39 is 10.5 Å². The van der Waals surface area contributed by atoms with Crippen LogP contribution in [0.3, 0.4) is 0 Å². The molecule has 2 aromatic rings. The van der Waals surface area contributed by atoms with Gasteiger partial charge in [-0.25, -0.2) is 0 Å². The minimum absolute atomic E-state index is 0.0346. The van der Waals surface area contributed by atoms with Gasteiger partial charge in [-0.15, -0.1) is 0 Å². The molecule has 134 valence electrons. The summed E-state index contributed by atoms with van der Waals surface area (Å²) in [6, 6.07) is 18.6. The summed E-state index contributed by atoms with van der Waals surface area (Å²) in [6.07, 6.45) is 0.511. The number of alkyl halides is 1. The quantitative estimate of drug-likeness (QED) is 0.440. The molecule has 2 aromatic carbocycles. The van der Waals surface area contributed by atoms with Gasteiger partial charge in [-0.2, -0.15) is 5.26 Å². The second-order valence-corrected chi connectivity index (χ2v) is 7.33. The van der Waals surface area contributed by atoms with Gasteiger partial charge in [0.15, 0.2) is 10.5 Å². The standard InChI is InChI=1S/C21H20ClNO3/c1-24-10-11-25-14-26-21-18-8-4-2-6-15(18)17(12-20(21,22)13-23)16-7-3-5-9-19(16)21/h2-9,17H,10-12,14H2,1H3. The Labute approximate surface area is 158 Å². The fourth-order valence-corrected chi connectivity index (χ4v) is 4.77. The van der Waals surface area contributed by atoms with Crippen LogP contribution in [-0.4, -0.2) is 32.0 Å². The first-order valence-electron chi connectivity index (χ1n) is 8.67. The van der Waals surface area contributed by atoms with Gasteiger partial charge >= 0.3 is 0 Å². The molecule has 0 saturated heterocycles. The van der Waals surface area contributed by atoms with Crippen LogP contribution in [0.2, 0.25) is 0 Å². The molecule has 1 atom stereocenters. The van der Waals surface area contributed by atoms with Gasteiger partial charge in [0, 0.05) is 13.0 Å². The highest BCUT2D eigenvalue weighted by Gasteiger charge is 2.64. The Balaban J connectivity index is 1.85. The zero-order valence-electron chi connectivity index (χ0n) is 14.6. The average molecular weight is 370 g/mol. The van der Waals surface area contributed by atoms with E-state index in [1.165, 1.54) is 11.1 Å². The highest BCUT2D eigenvalue weighted by atomic mass is 35.5. The molecule has 3 aliphatic rings. The van der Waals surface area contributed by atoms with Crippen molar-refractivity contribution in [2.75, 3.05) is 27.1 Å². The molecule has 0 radical (unpaired) electrons. The van der Waals surface area contributed by atoms with Gasteiger partial charge in [0.2, 0.25) is 0 Å². The van der Waals surface area contributed by atoms with E-state index in [4.69, 9.17) is 25.8 Å². The highest BCUT2D eigenvalue weighted by Crippen LogP contribution is 2.63. The van der Waals surface area contributed by atoms with Crippen molar-refractivity contribution in [1.82, 2.24) is 0 Å². The molecule has 0 heterocycles. The van der Waals surface area contributed by atoms with Crippen LogP contribution in [0.4, 0.5) is 0 Å². The maximum atomic E-state index is 10.0. The normalized spacial score (nSPS) is 28.3. The Morgan fingerprint density at radius 3 is 2.27 bits per heavy atom. The molecular weight excluding hydrogens is 350 g/mol. The third-order valence-corrected chi connectivity index (χ3v) is 5.95. The first-order chi connectivity index (χ1) is 12.7.